The Hall–Kier alpha value is -1.75. The Morgan fingerprint density at radius 1 is 1.36 bits per heavy atom. The van der Waals surface area contributed by atoms with Crippen molar-refractivity contribution < 1.29 is 4.74 Å². The SMILES string of the molecule is CCNC(=NCc1ccccc1OC)NCC1CCCN1C. The molecule has 1 fully saturated rings. The fourth-order valence-corrected chi connectivity index (χ4v) is 2.79. The molecule has 5 heteroatoms. The van der Waals surface area contributed by atoms with Crippen molar-refractivity contribution in [1.29, 1.82) is 0 Å². The molecule has 1 heterocycles. The maximum atomic E-state index is 5.38. The van der Waals surface area contributed by atoms with Crippen molar-refractivity contribution in [3.63, 3.8) is 0 Å². The highest BCUT2D eigenvalue weighted by atomic mass is 16.5. The molecule has 0 spiro atoms. The van der Waals surface area contributed by atoms with Gasteiger partial charge in [-0.1, -0.05) is 18.2 Å². The summed E-state index contributed by atoms with van der Waals surface area (Å²) in [6.07, 6.45) is 2.55. The first-order valence-corrected chi connectivity index (χ1v) is 8.09. The number of nitrogens with zero attached hydrogens (tertiary/aromatic N) is 2. The number of likely N-dealkylation sites (N-methyl/N-ethyl adjacent to an activating group) is 1. The smallest absolute Gasteiger partial charge is 0.191 e. The van der Waals surface area contributed by atoms with E-state index in [9.17, 15) is 0 Å². The average Bonchev–Trinajstić information content (AvgIpc) is 2.95. The first-order valence-electron chi connectivity index (χ1n) is 8.09. The molecule has 1 aliphatic heterocycles. The second-order valence-corrected chi connectivity index (χ2v) is 5.66. The minimum Gasteiger partial charge on any atom is -0.496 e. The van der Waals surface area contributed by atoms with E-state index in [1.807, 2.05) is 18.2 Å². The summed E-state index contributed by atoms with van der Waals surface area (Å²) in [5, 5.41) is 6.77. The Bertz CT molecular complexity index is 489. The largest absolute Gasteiger partial charge is 0.496 e. The topological polar surface area (TPSA) is 48.9 Å². The number of hydrogen-bond donors (Lipinski definition) is 2. The molecule has 0 radical (unpaired) electrons. The van der Waals surface area contributed by atoms with Crippen LogP contribution in [-0.2, 0) is 6.54 Å². The number of methoxy groups -OCH3 is 1. The molecule has 5 nitrogen and oxygen atoms in total. The van der Waals surface area contributed by atoms with E-state index in [1.165, 1.54) is 19.4 Å². The summed E-state index contributed by atoms with van der Waals surface area (Å²) in [7, 11) is 3.89. The zero-order valence-corrected chi connectivity index (χ0v) is 13.9. The molecule has 1 unspecified atom stereocenters. The molecule has 0 bridgehead atoms. The Kier molecular flexibility index (Phi) is 6.52. The number of ether oxygens (including phenoxy) is 1. The van der Waals surface area contributed by atoms with Crippen LogP contribution < -0.4 is 15.4 Å². The van der Waals surface area contributed by atoms with Crippen molar-refractivity contribution in [2.75, 3.05) is 33.8 Å². The van der Waals surface area contributed by atoms with E-state index in [0.29, 0.717) is 12.6 Å². The number of likely N-dealkylation sites (tertiary alicyclic amines) is 1. The minimum absolute atomic E-state index is 0.607. The molecule has 122 valence electrons. The molecule has 1 aromatic carbocycles. The van der Waals surface area contributed by atoms with E-state index in [1.54, 1.807) is 7.11 Å². The Morgan fingerprint density at radius 3 is 2.86 bits per heavy atom. The average molecular weight is 304 g/mol. The second-order valence-electron chi connectivity index (χ2n) is 5.66. The third-order valence-electron chi connectivity index (χ3n) is 4.12. The fraction of sp³-hybridized carbons (Fsp3) is 0.588. The predicted octanol–water partition coefficient (Wildman–Crippen LogP) is 1.84. The van der Waals surface area contributed by atoms with Gasteiger partial charge in [0.15, 0.2) is 5.96 Å². The van der Waals surface area contributed by atoms with Gasteiger partial charge in [0.2, 0.25) is 0 Å². The number of aliphatic imine (C=N–C) groups is 1. The summed E-state index contributed by atoms with van der Waals surface area (Å²) in [5.41, 5.74) is 1.10. The zero-order valence-electron chi connectivity index (χ0n) is 13.9. The van der Waals surface area contributed by atoms with Crippen LogP contribution >= 0.6 is 0 Å². The standard InChI is InChI=1S/C17H28N4O/c1-4-18-17(20-13-15-9-7-11-21(15)2)19-12-14-8-5-6-10-16(14)22-3/h5-6,8,10,15H,4,7,9,11-13H2,1-3H3,(H2,18,19,20). The molecule has 1 saturated heterocycles. The molecule has 2 rings (SSSR count). The van der Waals surface area contributed by atoms with Crippen molar-refractivity contribution in [1.82, 2.24) is 15.5 Å². The molecule has 1 aromatic rings. The number of rotatable bonds is 6. The molecule has 1 atom stereocenters. The van der Waals surface area contributed by atoms with Crippen LogP contribution in [-0.4, -0.2) is 50.7 Å². The van der Waals surface area contributed by atoms with Gasteiger partial charge in [0.25, 0.3) is 0 Å². The first kappa shape index (κ1) is 16.6. The van der Waals surface area contributed by atoms with E-state index in [-0.39, 0.29) is 0 Å². The number of para-hydroxylation sites is 1. The van der Waals surface area contributed by atoms with Crippen LogP contribution in [0.1, 0.15) is 25.3 Å². The van der Waals surface area contributed by atoms with Crippen LogP contribution in [0.4, 0.5) is 0 Å². The molecule has 0 amide bonds. The van der Waals surface area contributed by atoms with Gasteiger partial charge in [0, 0.05) is 24.7 Å². The van der Waals surface area contributed by atoms with Crippen LogP contribution in [0.2, 0.25) is 0 Å². The van der Waals surface area contributed by atoms with Crippen molar-refractivity contribution in [3.8, 4) is 5.75 Å². The fourth-order valence-electron chi connectivity index (χ4n) is 2.79. The number of nitrogens with one attached hydrogen (secondary N) is 2. The number of guanidine groups is 1. The van der Waals surface area contributed by atoms with Crippen LogP contribution in [0, 0.1) is 0 Å². The van der Waals surface area contributed by atoms with Crippen molar-refractivity contribution in [2.45, 2.75) is 32.4 Å². The van der Waals surface area contributed by atoms with Crippen molar-refractivity contribution in [3.05, 3.63) is 29.8 Å². The Balaban J connectivity index is 1.94. The lowest BCUT2D eigenvalue weighted by molar-refractivity contribution is 0.309. The van der Waals surface area contributed by atoms with Gasteiger partial charge in [0.1, 0.15) is 5.75 Å². The molecule has 1 aliphatic rings. The van der Waals surface area contributed by atoms with E-state index in [2.05, 4.69) is 40.6 Å². The normalized spacial score (nSPS) is 19.2. The van der Waals surface area contributed by atoms with Gasteiger partial charge in [0.05, 0.1) is 13.7 Å². The van der Waals surface area contributed by atoms with Crippen molar-refractivity contribution >= 4 is 5.96 Å². The van der Waals surface area contributed by atoms with E-state index >= 15 is 0 Å². The summed E-state index contributed by atoms with van der Waals surface area (Å²) >= 11 is 0. The van der Waals surface area contributed by atoms with Crippen LogP contribution in [0.15, 0.2) is 29.3 Å². The molecule has 0 aromatic heterocycles. The molecule has 22 heavy (non-hydrogen) atoms. The van der Waals surface area contributed by atoms with Crippen molar-refractivity contribution in [2.24, 2.45) is 4.99 Å². The van der Waals surface area contributed by atoms with Gasteiger partial charge in [-0.15, -0.1) is 0 Å². The summed E-state index contributed by atoms with van der Waals surface area (Å²) in [5.74, 6) is 1.76. The third kappa shape index (κ3) is 4.63. The van der Waals surface area contributed by atoms with Gasteiger partial charge in [-0.2, -0.15) is 0 Å². The maximum absolute atomic E-state index is 5.38. The highest BCUT2D eigenvalue weighted by Crippen LogP contribution is 2.18. The lowest BCUT2D eigenvalue weighted by Crippen LogP contribution is -2.44. The minimum atomic E-state index is 0.607. The first-order chi connectivity index (χ1) is 10.7. The highest BCUT2D eigenvalue weighted by molar-refractivity contribution is 5.79. The Labute approximate surface area is 133 Å². The number of benzene rings is 1. The van der Waals surface area contributed by atoms with Gasteiger partial charge in [-0.3, -0.25) is 0 Å². The quantitative estimate of drug-likeness (QED) is 0.622. The molecule has 0 aliphatic carbocycles. The summed E-state index contributed by atoms with van der Waals surface area (Å²) in [4.78, 5) is 7.09. The summed E-state index contributed by atoms with van der Waals surface area (Å²) < 4.78 is 5.38. The van der Waals surface area contributed by atoms with Gasteiger partial charge < -0.3 is 20.3 Å². The van der Waals surface area contributed by atoms with Crippen LogP contribution in [0.5, 0.6) is 5.75 Å². The summed E-state index contributed by atoms with van der Waals surface area (Å²) in [6, 6.07) is 8.62. The molecular formula is C17H28N4O. The predicted molar refractivity (Wildman–Crippen MR) is 91.5 cm³/mol. The lowest BCUT2D eigenvalue weighted by Gasteiger charge is -2.21. The third-order valence-corrected chi connectivity index (χ3v) is 4.12. The second kappa shape index (κ2) is 8.63. The maximum Gasteiger partial charge on any atom is 0.191 e. The zero-order chi connectivity index (χ0) is 15.8. The Morgan fingerprint density at radius 2 is 2.18 bits per heavy atom. The van der Waals surface area contributed by atoms with Gasteiger partial charge in [-0.25, -0.2) is 4.99 Å². The van der Waals surface area contributed by atoms with E-state index < -0.39 is 0 Å². The van der Waals surface area contributed by atoms with Gasteiger partial charge >= 0.3 is 0 Å². The summed E-state index contributed by atoms with van der Waals surface area (Å²) in [6.45, 7) is 5.69. The highest BCUT2D eigenvalue weighted by Gasteiger charge is 2.20. The van der Waals surface area contributed by atoms with E-state index in [4.69, 9.17) is 4.74 Å². The molecule has 2 N–H and O–H groups in total. The van der Waals surface area contributed by atoms with E-state index in [0.717, 1.165) is 30.4 Å². The number of hydrogen-bond acceptors (Lipinski definition) is 3. The lowest BCUT2D eigenvalue weighted by atomic mass is 10.2. The van der Waals surface area contributed by atoms with Crippen LogP contribution in [0.3, 0.4) is 0 Å². The molecule has 0 saturated carbocycles. The van der Waals surface area contributed by atoms with Gasteiger partial charge in [-0.05, 0) is 39.4 Å². The van der Waals surface area contributed by atoms with Crippen LogP contribution in [0.25, 0.3) is 0 Å². The molecular weight excluding hydrogens is 276 g/mol. The monoisotopic (exact) mass is 304 g/mol.